The number of likely N-dealkylation sites (tertiary alicyclic amines) is 1. The quantitative estimate of drug-likeness (QED) is 0.777. The van der Waals surface area contributed by atoms with Gasteiger partial charge < -0.3 is 10.2 Å². The summed E-state index contributed by atoms with van der Waals surface area (Å²) in [4.78, 5) is 14.0. The molecule has 1 saturated heterocycles. The molecule has 3 nitrogen and oxygen atoms in total. The highest BCUT2D eigenvalue weighted by atomic mass is 127. The highest BCUT2D eigenvalue weighted by molar-refractivity contribution is 14.1. The summed E-state index contributed by atoms with van der Waals surface area (Å²) in [6, 6.07) is 7.87. The maximum Gasteiger partial charge on any atom is 0.321 e. The largest absolute Gasteiger partial charge is 0.324 e. The van der Waals surface area contributed by atoms with Gasteiger partial charge in [-0.3, -0.25) is 0 Å². The molecule has 0 aliphatic carbocycles. The Balaban J connectivity index is 1.99. The fraction of sp³-hybridized carbons (Fsp3) is 0.462. The first-order valence-corrected chi connectivity index (χ1v) is 7.05. The molecule has 1 aromatic carbocycles. The third kappa shape index (κ3) is 3.34. The van der Waals surface area contributed by atoms with Gasteiger partial charge in [0.1, 0.15) is 0 Å². The Morgan fingerprint density at radius 3 is 2.94 bits per heavy atom. The van der Waals surface area contributed by atoms with E-state index in [4.69, 9.17) is 0 Å². The molecule has 1 aliphatic heterocycles. The molecular formula is C13H17IN2O. The number of benzene rings is 1. The number of amides is 2. The number of hydrogen-bond acceptors (Lipinski definition) is 1. The molecule has 0 aromatic heterocycles. The Morgan fingerprint density at radius 2 is 2.24 bits per heavy atom. The van der Waals surface area contributed by atoms with Crippen molar-refractivity contribution in [2.45, 2.75) is 19.8 Å². The van der Waals surface area contributed by atoms with Crippen LogP contribution in [0.3, 0.4) is 0 Å². The summed E-state index contributed by atoms with van der Waals surface area (Å²) in [7, 11) is 0. The van der Waals surface area contributed by atoms with E-state index in [2.05, 4.69) is 34.8 Å². The number of carbonyl (C=O) groups is 1. The lowest BCUT2D eigenvalue weighted by atomic mass is 10.0. The van der Waals surface area contributed by atoms with Crippen molar-refractivity contribution in [3.8, 4) is 0 Å². The molecule has 1 aromatic rings. The Morgan fingerprint density at radius 1 is 1.47 bits per heavy atom. The molecule has 1 fully saturated rings. The predicted molar refractivity (Wildman–Crippen MR) is 78.1 cm³/mol. The predicted octanol–water partition coefficient (Wildman–Crippen LogP) is 3.56. The number of carbonyl (C=O) groups excluding carboxylic acids is 1. The first-order chi connectivity index (χ1) is 8.16. The minimum atomic E-state index is 0.0284. The lowest BCUT2D eigenvalue weighted by Gasteiger charge is -2.31. The van der Waals surface area contributed by atoms with Crippen LogP contribution in [0.25, 0.3) is 0 Å². The molecular weight excluding hydrogens is 327 g/mol. The third-order valence-electron chi connectivity index (χ3n) is 3.06. The monoisotopic (exact) mass is 344 g/mol. The zero-order valence-corrected chi connectivity index (χ0v) is 12.1. The van der Waals surface area contributed by atoms with E-state index >= 15 is 0 Å². The maximum absolute atomic E-state index is 12.1. The summed E-state index contributed by atoms with van der Waals surface area (Å²) in [5.41, 5.74) is 0.899. The number of rotatable bonds is 1. The molecule has 0 spiro atoms. The van der Waals surface area contributed by atoms with Crippen molar-refractivity contribution in [3.63, 3.8) is 0 Å². The molecule has 1 N–H and O–H groups in total. The minimum absolute atomic E-state index is 0.0284. The highest BCUT2D eigenvalue weighted by Crippen LogP contribution is 2.20. The number of anilines is 1. The molecule has 1 atom stereocenters. The van der Waals surface area contributed by atoms with Gasteiger partial charge in [0, 0.05) is 16.7 Å². The number of para-hydroxylation sites is 1. The van der Waals surface area contributed by atoms with Gasteiger partial charge in [0.2, 0.25) is 0 Å². The van der Waals surface area contributed by atoms with Crippen LogP contribution in [0.4, 0.5) is 10.5 Å². The summed E-state index contributed by atoms with van der Waals surface area (Å²) >= 11 is 2.24. The van der Waals surface area contributed by atoms with Gasteiger partial charge in [-0.15, -0.1) is 0 Å². The van der Waals surface area contributed by atoms with Crippen LogP contribution in [-0.2, 0) is 0 Å². The van der Waals surface area contributed by atoms with Crippen LogP contribution in [0.5, 0.6) is 0 Å². The topological polar surface area (TPSA) is 32.3 Å². The number of hydrogen-bond donors (Lipinski definition) is 1. The van der Waals surface area contributed by atoms with E-state index in [1.165, 1.54) is 6.42 Å². The van der Waals surface area contributed by atoms with Crippen LogP contribution >= 0.6 is 22.6 Å². The SMILES string of the molecule is C[C@H]1CCCN(C(=O)Nc2ccccc2I)C1. The van der Waals surface area contributed by atoms with E-state index in [1.54, 1.807) is 0 Å². The first-order valence-electron chi connectivity index (χ1n) is 5.97. The van der Waals surface area contributed by atoms with E-state index in [1.807, 2.05) is 29.2 Å². The van der Waals surface area contributed by atoms with Crippen molar-refractivity contribution >= 4 is 34.3 Å². The number of piperidine rings is 1. The Kier molecular flexibility index (Phi) is 4.25. The first kappa shape index (κ1) is 12.7. The summed E-state index contributed by atoms with van der Waals surface area (Å²) in [6.45, 7) is 3.94. The second kappa shape index (κ2) is 5.71. The number of nitrogens with zero attached hydrogens (tertiary/aromatic N) is 1. The van der Waals surface area contributed by atoms with Crippen LogP contribution in [0.2, 0.25) is 0 Å². The van der Waals surface area contributed by atoms with Gasteiger partial charge in [-0.2, -0.15) is 0 Å². The van der Waals surface area contributed by atoms with E-state index < -0.39 is 0 Å². The second-order valence-corrected chi connectivity index (χ2v) is 5.77. The molecule has 0 unspecified atom stereocenters. The van der Waals surface area contributed by atoms with Crippen LogP contribution in [0, 0.1) is 9.49 Å². The van der Waals surface area contributed by atoms with Crippen LogP contribution < -0.4 is 5.32 Å². The van der Waals surface area contributed by atoms with Gasteiger partial charge in [0.25, 0.3) is 0 Å². The van der Waals surface area contributed by atoms with Crippen molar-refractivity contribution in [2.75, 3.05) is 18.4 Å². The minimum Gasteiger partial charge on any atom is -0.324 e. The lowest BCUT2D eigenvalue weighted by Crippen LogP contribution is -2.41. The van der Waals surface area contributed by atoms with Crippen LogP contribution in [0.15, 0.2) is 24.3 Å². The average molecular weight is 344 g/mol. The maximum atomic E-state index is 12.1. The van der Waals surface area contributed by atoms with Gasteiger partial charge in [0.05, 0.1) is 5.69 Å². The fourth-order valence-corrected chi connectivity index (χ4v) is 2.65. The van der Waals surface area contributed by atoms with Crippen molar-refractivity contribution in [1.82, 2.24) is 4.90 Å². The smallest absolute Gasteiger partial charge is 0.321 e. The van der Waals surface area contributed by atoms with Gasteiger partial charge in [-0.1, -0.05) is 19.1 Å². The van der Waals surface area contributed by atoms with Crippen LogP contribution in [-0.4, -0.2) is 24.0 Å². The normalized spacial score (nSPS) is 20.1. The molecule has 92 valence electrons. The number of nitrogens with one attached hydrogen (secondary N) is 1. The van der Waals surface area contributed by atoms with Crippen molar-refractivity contribution in [2.24, 2.45) is 5.92 Å². The lowest BCUT2D eigenvalue weighted by molar-refractivity contribution is 0.182. The molecule has 2 rings (SSSR count). The zero-order chi connectivity index (χ0) is 12.3. The molecule has 17 heavy (non-hydrogen) atoms. The third-order valence-corrected chi connectivity index (χ3v) is 4.00. The second-order valence-electron chi connectivity index (χ2n) is 4.60. The molecule has 0 saturated carbocycles. The number of halogens is 1. The zero-order valence-electron chi connectivity index (χ0n) is 9.95. The standard InChI is InChI=1S/C13H17IN2O/c1-10-5-4-8-16(9-10)13(17)15-12-7-3-2-6-11(12)14/h2-3,6-7,10H,4-5,8-9H2,1H3,(H,15,17)/t10-/m0/s1. The molecule has 0 radical (unpaired) electrons. The molecule has 0 bridgehead atoms. The van der Waals surface area contributed by atoms with E-state index in [9.17, 15) is 4.79 Å². The fourth-order valence-electron chi connectivity index (χ4n) is 2.13. The Bertz CT molecular complexity index is 408. The van der Waals surface area contributed by atoms with Crippen molar-refractivity contribution in [3.05, 3.63) is 27.8 Å². The molecule has 2 amide bonds. The summed E-state index contributed by atoms with van der Waals surface area (Å²) in [5.74, 6) is 0.615. The Hall–Kier alpha value is -0.780. The van der Waals surface area contributed by atoms with Gasteiger partial charge in [-0.05, 0) is 53.5 Å². The molecule has 1 aliphatic rings. The molecule has 4 heteroatoms. The van der Waals surface area contributed by atoms with E-state index in [-0.39, 0.29) is 6.03 Å². The van der Waals surface area contributed by atoms with Gasteiger partial charge >= 0.3 is 6.03 Å². The summed E-state index contributed by atoms with van der Waals surface area (Å²) < 4.78 is 1.07. The van der Waals surface area contributed by atoms with Gasteiger partial charge in [-0.25, -0.2) is 4.79 Å². The summed E-state index contributed by atoms with van der Waals surface area (Å²) in [5, 5.41) is 2.98. The van der Waals surface area contributed by atoms with E-state index in [0.29, 0.717) is 5.92 Å². The number of urea groups is 1. The highest BCUT2D eigenvalue weighted by Gasteiger charge is 2.21. The molecule has 1 heterocycles. The Labute approximate surface area is 116 Å². The van der Waals surface area contributed by atoms with Gasteiger partial charge in [0.15, 0.2) is 0 Å². The summed E-state index contributed by atoms with van der Waals surface area (Å²) in [6.07, 6.45) is 2.34. The van der Waals surface area contributed by atoms with E-state index in [0.717, 1.165) is 28.8 Å². The van der Waals surface area contributed by atoms with Crippen molar-refractivity contribution < 1.29 is 4.79 Å². The van der Waals surface area contributed by atoms with Crippen LogP contribution in [0.1, 0.15) is 19.8 Å². The van der Waals surface area contributed by atoms with Crippen molar-refractivity contribution in [1.29, 1.82) is 0 Å². The average Bonchev–Trinajstić information content (AvgIpc) is 2.32.